The fraction of sp³-hybridized carbons (Fsp3) is 0.286. The van der Waals surface area contributed by atoms with Crippen LogP contribution in [-0.4, -0.2) is 23.9 Å². The SMILES string of the molecule is Cc1cccc2c1NC(=O)[C@@H](NC(=O)OCc1ccccc1)N=C2C(C)C. The maximum absolute atomic E-state index is 12.6. The summed E-state index contributed by atoms with van der Waals surface area (Å²) in [5.41, 5.74) is 4.19. The van der Waals surface area contributed by atoms with Gasteiger partial charge >= 0.3 is 6.09 Å². The number of aryl methyl sites for hydroxylation is 1. The Balaban J connectivity index is 1.77. The molecule has 6 nitrogen and oxygen atoms in total. The number of benzene rings is 2. The predicted octanol–water partition coefficient (Wildman–Crippen LogP) is 3.64. The van der Waals surface area contributed by atoms with Gasteiger partial charge in [0, 0.05) is 11.3 Å². The second kappa shape index (κ2) is 8.03. The number of aliphatic imine (C=N–C) groups is 1. The lowest BCUT2D eigenvalue weighted by molar-refractivity contribution is -0.117. The van der Waals surface area contributed by atoms with E-state index in [9.17, 15) is 9.59 Å². The summed E-state index contributed by atoms with van der Waals surface area (Å²) < 4.78 is 5.22. The van der Waals surface area contributed by atoms with Crippen molar-refractivity contribution in [2.75, 3.05) is 5.32 Å². The molecule has 1 aliphatic heterocycles. The third-order valence-electron chi connectivity index (χ3n) is 4.33. The fourth-order valence-corrected chi connectivity index (χ4v) is 2.94. The Hall–Kier alpha value is -3.15. The van der Waals surface area contributed by atoms with Crippen molar-refractivity contribution >= 4 is 23.4 Å². The molecule has 1 aliphatic rings. The number of para-hydroxylation sites is 1. The van der Waals surface area contributed by atoms with E-state index in [1.54, 1.807) is 0 Å². The van der Waals surface area contributed by atoms with E-state index in [1.165, 1.54) is 0 Å². The number of hydrogen-bond acceptors (Lipinski definition) is 4. The van der Waals surface area contributed by atoms with Gasteiger partial charge in [0.1, 0.15) is 6.61 Å². The fourth-order valence-electron chi connectivity index (χ4n) is 2.94. The molecule has 2 aromatic rings. The predicted molar refractivity (Wildman–Crippen MR) is 105 cm³/mol. The highest BCUT2D eigenvalue weighted by Crippen LogP contribution is 2.26. The second-order valence-corrected chi connectivity index (χ2v) is 6.76. The van der Waals surface area contributed by atoms with E-state index in [1.807, 2.05) is 69.3 Å². The topological polar surface area (TPSA) is 79.8 Å². The Kier molecular flexibility index (Phi) is 5.54. The van der Waals surface area contributed by atoms with Gasteiger partial charge in [-0.05, 0) is 24.0 Å². The minimum Gasteiger partial charge on any atom is -0.445 e. The summed E-state index contributed by atoms with van der Waals surface area (Å²) >= 11 is 0. The number of carbonyl (C=O) groups is 2. The maximum atomic E-state index is 12.6. The Morgan fingerprint density at radius 1 is 1.19 bits per heavy atom. The molecule has 140 valence electrons. The smallest absolute Gasteiger partial charge is 0.409 e. The van der Waals surface area contributed by atoms with Crippen LogP contribution in [0.5, 0.6) is 0 Å². The van der Waals surface area contributed by atoms with Crippen LogP contribution in [0.3, 0.4) is 0 Å². The highest BCUT2D eigenvalue weighted by atomic mass is 16.5. The zero-order valence-electron chi connectivity index (χ0n) is 15.7. The van der Waals surface area contributed by atoms with Gasteiger partial charge in [-0.25, -0.2) is 4.79 Å². The summed E-state index contributed by atoms with van der Waals surface area (Å²) in [5.74, 6) is -0.305. The van der Waals surface area contributed by atoms with Gasteiger partial charge in [0.25, 0.3) is 5.91 Å². The molecule has 0 spiro atoms. The third kappa shape index (κ3) is 4.34. The quantitative estimate of drug-likeness (QED) is 0.868. The number of ether oxygens (including phenoxy) is 1. The molecule has 6 heteroatoms. The molecule has 0 unspecified atom stereocenters. The number of rotatable bonds is 4. The van der Waals surface area contributed by atoms with E-state index < -0.39 is 18.2 Å². The van der Waals surface area contributed by atoms with Crippen LogP contribution in [0.1, 0.15) is 30.5 Å². The summed E-state index contributed by atoms with van der Waals surface area (Å²) in [5, 5.41) is 5.44. The van der Waals surface area contributed by atoms with Gasteiger partial charge in [-0.3, -0.25) is 15.1 Å². The highest BCUT2D eigenvalue weighted by molar-refractivity contribution is 6.13. The summed E-state index contributed by atoms with van der Waals surface area (Å²) in [7, 11) is 0. The molecule has 2 aromatic carbocycles. The van der Waals surface area contributed by atoms with Gasteiger partial charge in [0.15, 0.2) is 0 Å². The molecule has 0 saturated heterocycles. The number of carbonyl (C=O) groups excluding carboxylic acids is 2. The lowest BCUT2D eigenvalue weighted by atomic mass is 9.96. The van der Waals surface area contributed by atoms with E-state index in [4.69, 9.17) is 4.74 Å². The number of alkyl carbamates (subject to hydrolysis) is 1. The minimum absolute atomic E-state index is 0.0860. The Morgan fingerprint density at radius 3 is 2.63 bits per heavy atom. The summed E-state index contributed by atoms with van der Waals surface area (Å²) in [6, 6.07) is 15.1. The largest absolute Gasteiger partial charge is 0.445 e. The molecular weight excluding hydrogens is 342 g/mol. The number of hydrogen-bond donors (Lipinski definition) is 2. The van der Waals surface area contributed by atoms with E-state index in [2.05, 4.69) is 15.6 Å². The van der Waals surface area contributed by atoms with Crippen LogP contribution in [0.15, 0.2) is 53.5 Å². The van der Waals surface area contributed by atoms with E-state index in [0.29, 0.717) is 0 Å². The van der Waals surface area contributed by atoms with Crippen molar-refractivity contribution < 1.29 is 14.3 Å². The van der Waals surface area contributed by atoms with Crippen molar-refractivity contribution in [2.45, 2.75) is 33.5 Å². The van der Waals surface area contributed by atoms with Crippen molar-refractivity contribution in [1.29, 1.82) is 0 Å². The first-order chi connectivity index (χ1) is 13.0. The number of nitrogens with one attached hydrogen (secondary N) is 2. The van der Waals surface area contributed by atoms with Crippen LogP contribution >= 0.6 is 0 Å². The monoisotopic (exact) mass is 365 g/mol. The second-order valence-electron chi connectivity index (χ2n) is 6.76. The first-order valence-electron chi connectivity index (χ1n) is 8.91. The first-order valence-corrected chi connectivity index (χ1v) is 8.91. The van der Waals surface area contributed by atoms with Gasteiger partial charge < -0.3 is 10.1 Å². The van der Waals surface area contributed by atoms with Crippen LogP contribution in [-0.2, 0) is 16.1 Å². The van der Waals surface area contributed by atoms with Gasteiger partial charge in [-0.1, -0.05) is 62.4 Å². The molecule has 0 radical (unpaired) electrons. The number of benzodiazepines with no additional fused rings is 1. The molecule has 0 bridgehead atoms. The molecule has 3 rings (SSSR count). The van der Waals surface area contributed by atoms with Crippen LogP contribution < -0.4 is 10.6 Å². The zero-order valence-corrected chi connectivity index (χ0v) is 15.7. The standard InChI is InChI=1S/C21H23N3O3/c1-13(2)17-16-11-7-8-14(3)18(16)23-20(25)19(22-17)24-21(26)27-12-15-9-5-4-6-10-15/h4-11,13,19H,12H2,1-3H3,(H,23,25)(H,24,26)/t19-/m1/s1. The summed E-state index contributed by atoms with van der Waals surface area (Å²) in [6.07, 6.45) is -1.73. The van der Waals surface area contributed by atoms with Crippen molar-refractivity contribution in [2.24, 2.45) is 10.9 Å². The average molecular weight is 365 g/mol. The van der Waals surface area contributed by atoms with Gasteiger partial charge in [0.2, 0.25) is 6.17 Å². The molecule has 2 N–H and O–H groups in total. The highest BCUT2D eigenvalue weighted by Gasteiger charge is 2.28. The van der Waals surface area contributed by atoms with Gasteiger partial charge in [-0.15, -0.1) is 0 Å². The van der Waals surface area contributed by atoms with E-state index in [0.717, 1.165) is 28.1 Å². The summed E-state index contributed by atoms with van der Waals surface area (Å²) in [4.78, 5) is 29.3. The van der Waals surface area contributed by atoms with E-state index >= 15 is 0 Å². The average Bonchev–Trinajstić information content (AvgIpc) is 2.79. The van der Waals surface area contributed by atoms with Crippen LogP contribution in [0, 0.1) is 12.8 Å². The van der Waals surface area contributed by atoms with Crippen molar-refractivity contribution in [1.82, 2.24) is 5.32 Å². The molecule has 1 heterocycles. The van der Waals surface area contributed by atoms with Crippen LogP contribution in [0.2, 0.25) is 0 Å². The van der Waals surface area contributed by atoms with Crippen LogP contribution in [0.25, 0.3) is 0 Å². The first kappa shape index (κ1) is 18.6. The molecule has 1 atom stereocenters. The minimum atomic E-state index is -1.04. The molecule has 0 aliphatic carbocycles. The summed E-state index contributed by atoms with van der Waals surface area (Å²) in [6.45, 7) is 6.07. The zero-order chi connectivity index (χ0) is 19.4. The third-order valence-corrected chi connectivity index (χ3v) is 4.33. The van der Waals surface area contributed by atoms with Crippen molar-refractivity contribution in [3.8, 4) is 0 Å². The molecular formula is C21H23N3O3. The lowest BCUT2D eigenvalue weighted by Crippen LogP contribution is -2.42. The number of nitrogens with zero attached hydrogens (tertiary/aromatic N) is 1. The Bertz CT molecular complexity index is 875. The van der Waals surface area contributed by atoms with Crippen molar-refractivity contribution in [3.63, 3.8) is 0 Å². The number of fused-ring (bicyclic) bond motifs is 1. The Morgan fingerprint density at radius 2 is 1.93 bits per heavy atom. The van der Waals surface area contributed by atoms with Crippen molar-refractivity contribution in [3.05, 3.63) is 65.2 Å². The van der Waals surface area contributed by atoms with Gasteiger partial charge in [-0.2, -0.15) is 0 Å². The normalized spacial score (nSPS) is 16.1. The molecule has 0 saturated carbocycles. The lowest BCUT2D eigenvalue weighted by Gasteiger charge is -2.14. The molecule has 0 fully saturated rings. The number of amides is 2. The molecule has 2 amide bonds. The van der Waals surface area contributed by atoms with Gasteiger partial charge in [0.05, 0.1) is 5.69 Å². The maximum Gasteiger partial charge on any atom is 0.409 e. The van der Waals surface area contributed by atoms with E-state index in [-0.39, 0.29) is 12.5 Å². The molecule has 0 aromatic heterocycles. The molecule has 27 heavy (non-hydrogen) atoms. The number of anilines is 1. The van der Waals surface area contributed by atoms with Crippen LogP contribution in [0.4, 0.5) is 10.5 Å². The Labute approximate surface area is 158 Å².